The Morgan fingerprint density at radius 3 is 2.49 bits per heavy atom. The number of ether oxygens (including phenoxy) is 3. The number of allylic oxidation sites excluding steroid dienone is 1. The summed E-state index contributed by atoms with van der Waals surface area (Å²) in [6, 6.07) is 15.5. The van der Waals surface area contributed by atoms with Crippen LogP contribution in [0.5, 0.6) is 5.75 Å². The fraction of sp³-hybridized carbons (Fsp3) is 0.310. The lowest BCUT2D eigenvalue weighted by atomic mass is 9.75. The highest BCUT2D eigenvalue weighted by molar-refractivity contribution is 7.13. The zero-order valence-corrected chi connectivity index (χ0v) is 22.4. The molecule has 2 atom stereocenters. The van der Waals surface area contributed by atoms with Crippen molar-refractivity contribution in [3.8, 4) is 27.6 Å². The second kappa shape index (κ2) is 11.5. The van der Waals surface area contributed by atoms with E-state index in [0.29, 0.717) is 17.0 Å². The van der Waals surface area contributed by atoms with E-state index in [1.165, 1.54) is 11.3 Å². The fourth-order valence-corrected chi connectivity index (χ4v) is 5.48. The van der Waals surface area contributed by atoms with Gasteiger partial charge < -0.3 is 14.2 Å². The Bertz CT molecular complexity index is 1370. The molecule has 0 radical (unpaired) electrons. The minimum Gasteiger partial charge on any atom is -0.496 e. The quantitative estimate of drug-likeness (QED) is 0.337. The van der Waals surface area contributed by atoms with E-state index >= 15 is 0 Å². The average molecular weight is 519 g/mol. The summed E-state index contributed by atoms with van der Waals surface area (Å²) in [5, 5.41) is 2.81. The summed E-state index contributed by atoms with van der Waals surface area (Å²) in [5.41, 5.74) is 4.92. The van der Waals surface area contributed by atoms with Gasteiger partial charge in [-0.1, -0.05) is 30.3 Å². The van der Waals surface area contributed by atoms with Crippen molar-refractivity contribution in [3.05, 3.63) is 70.7 Å². The first-order valence-corrected chi connectivity index (χ1v) is 13.1. The number of hydrogen-bond donors (Lipinski definition) is 0. The van der Waals surface area contributed by atoms with Crippen LogP contribution in [0.1, 0.15) is 39.2 Å². The molecular formula is C29H30N2O5S. The molecule has 0 spiro atoms. The van der Waals surface area contributed by atoms with E-state index in [2.05, 4.69) is 4.99 Å². The Labute approximate surface area is 220 Å². The normalized spacial score (nSPS) is 17.3. The first-order valence-electron chi connectivity index (χ1n) is 12.2. The smallest absolute Gasteiger partial charge is 0.336 e. The molecule has 2 heterocycles. The maximum atomic E-state index is 13.1. The molecule has 7 nitrogen and oxygen atoms in total. The number of para-hydroxylation sites is 1. The SMILES string of the molecule is CCOC(=O)C1=C(C)N=C(C)C(C(=O)OCC)C1c1cccc(-c2nc(-c3ccccc3OC)cs2)c1. The lowest BCUT2D eigenvalue weighted by molar-refractivity contribution is -0.146. The summed E-state index contributed by atoms with van der Waals surface area (Å²) in [4.78, 5) is 35.6. The number of hydrogen-bond acceptors (Lipinski definition) is 8. The van der Waals surface area contributed by atoms with Crippen LogP contribution < -0.4 is 4.74 Å². The average Bonchev–Trinajstić information content (AvgIpc) is 3.39. The van der Waals surface area contributed by atoms with Crippen molar-refractivity contribution >= 4 is 29.0 Å². The molecular weight excluding hydrogens is 488 g/mol. The molecule has 8 heteroatoms. The molecule has 0 saturated heterocycles. The number of rotatable bonds is 8. The third-order valence-corrected chi connectivity index (χ3v) is 7.14. The Balaban J connectivity index is 1.79. The summed E-state index contributed by atoms with van der Waals surface area (Å²) < 4.78 is 16.3. The Hall–Kier alpha value is -3.78. The number of nitrogens with zero attached hydrogens (tertiary/aromatic N) is 2. The molecule has 0 saturated carbocycles. The minimum absolute atomic E-state index is 0.222. The third kappa shape index (κ3) is 5.34. The van der Waals surface area contributed by atoms with E-state index in [9.17, 15) is 9.59 Å². The molecule has 192 valence electrons. The van der Waals surface area contributed by atoms with Crippen molar-refractivity contribution in [1.82, 2.24) is 4.98 Å². The molecule has 1 aliphatic rings. The largest absolute Gasteiger partial charge is 0.496 e. The van der Waals surface area contributed by atoms with E-state index < -0.39 is 23.8 Å². The molecule has 2 unspecified atom stereocenters. The molecule has 1 aliphatic heterocycles. The molecule has 0 aliphatic carbocycles. The Morgan fingerprint density at radius 2 is 1.76 bits per heavy atom. The van der Waals surface area contributed by atoms with Crippen LogP contribution in [0, 0.1) is 5.92 Å². The Morgan fingerprint density at radius 1 is 1.00 bits per heavy atom. The van der Waals surface area contributed by atoms with Gasteiger partial charge in [0, 0.05) is 33.8 Å². The van der Waals surface area contributed by atoms with E-state index in [1.54, 1.807) is 34.8 Å². The van der Waals surface area contributed by atoms with Crippen molar-refractivity contribution < 1.29 is 23.8 Å². The van der Waals surface area contributed by atoms with Gasteiger partial charge in [0.1, 0.15) is 16.7 Å². The maximum Gasteiger partial charge on any atom is 0.336 e. The molecule has 37 heavy (non-hydrogen) atoms. The van der Waals surface area contributed by atoms with Gasteiger partial charge in [-0.3, -0.25) is 9.79 Å². The van der Waals surface area contributed by atoms with Gasteiger partial charge >= 0.3 is 11.9 Å². The first-order chi connectivity index (χ1) is 17.9. The van der Waals surface area contributed by atoms with Crippen LogP contribution in [0.15, 0.2) is 70.2 Å². The summed E-state index contributed by atoms with van der Waals surface area (Å²) in [6.45, 7) is 7.54. The summed E-state index contributed by atoms with van der Waals surface area (Å²) in [6.07, 6.45) is 0. The van der Waals surface area contributed by atoms with E-state index in [1.807, 2.05) is 53.9 Å². The molecule has 0 N–H and O–H groups in total. The van der Waals surface area contributed by atoms with Crippen molar-refractivity contribution in [2.45, 2.75) is 33.6 Å². The van der Waals surface area contributed by atoms with Gasteiger partial charge in [0.05, 0.1) is 31.6 Å². The zero-order valence-electron chi connectivity index (χ0n) is 21.6. The molecule has 4 rings (SSSR count). The van der Waals surface area contributed by atoms with Crippen molar-refractivity contribution in [3.63, 3.8) is 0 Å². The Kier molecular flexibility index (Phi) is 8.18. The summed E-state index contributed by atoms with van der Waals surface area (Å²) in [7, 11) is 1.64. The van der Waals surface area contributed by atoms with Crippen LogP contribution in [0.2, 0.25) is 0 Å². The van der Waals surface area contributed by atoms with Gasteiger partial charge in [0.2, 0.25) is 0 Å². The van der Waals surface area contributed by atoms with Crippen LogP contribution in [0.4, 0.5) is 0 Å². The minimum atomic E-state index is -0.737. The standard InChI is InChI=1S/C29H30N2O5S/c1-6-35-28(32)24-17(3)30-18(4)25(29(33)36-7-2)26(24)19-11-10-12-20(15-19)27-31-22(16-37-27)21-13-8-9-14-23(21)34-5/h8-16,24,26H,6-7H2,1-5H3. The lowest BCUT2D eigenvalue weighted by Gasteiger charge is -2.31. The number of carbonyl (C=O) groups is 2. The third-order valence-electron chi connectivity index (χ3n) is 6.24. The number of esters is 2. The van der Waals surface area contributed by atoms with Gasteiger partial charge in [-0.15, -0.1) is 11.3 Å². The van der Waals surface area contributed by atoms with Crippen LogP contribution in [0.3, 0.4) is 0 Å². The highest BCUT2D eigenvalue weighted by atomic mass is 32.1. The number of methoxy groups -OCH3 is 1. The molecule has 2 aromatic carbocycles. The van der Waals surface area contributed by atoms with Crippen molar-refractivity contribution in [2.75, 3.05) is 20.3 Å². The second-order valence-electron chi connectivity index (χ2n) is 8.54. The molecule has 1 aromatic heterocycles. The maximum absolute atomic E-state index is 13.1. The zero-order chi connectivity index (χ0) is 26.5. The number of aliphatic imine (C=N–C) groups is 1. The summed E-state index contributed by atoms with van der Waals surface area (Å²) in [5.74, 6) is -1.47. The van der Waals surface area contributed by atoms with Crippen molar-refractivity contribution in [1.29, 1.82) is 0 Å². The fourth-order valence-electron chi connectivity index (χ4n) is 4.66. The molecule has 0 amide bonds. The lowest BCUT2D eigenvalue weighted by Crippen LogP contribution is -2.36. The predicted octanol–water partition coefficient (Wildman–Crippen LogP) is 6.06. The van der Waals surface area contributed by atoms with Crippen LogP contribution in [-0.4, -0.2) is 43.0 Å². The number of thiazole rings is 1. The molecule has 0 bridgehead atoms. The van der Waals surface area contributed by atoms with Crippen LogP contribution in [0.25, 0.3) is 21.8 Å². The second-order valence-corrected chi connectivity index (χ2v) is 9.40. The van der Waals surface area contributed by atoms with Gasteiger partial charge in [0.25, 0.3) is 0 Å². The van der Waals surface area contributed by atoms with Gasteiger partial charge in [0.15, 0.2) is 0 Å². The number of benzene rings is 2. The summed E-state index contributed by atoms with van der Waals surface area (Å²) >= 11 is 1.52. The number of aromatic nitrogens is 1. The highest BCUT2D eigenvalue weighted by Crippen LogP contribution is 2.42. The van der Waals surface area contributed by atoms with Crippen molar-refractivity contribution in [2.24, 2.45) is 10.9 Å². The topological polar surface area (TPSA) is 87.1 Å². The van der Waals surface area contributed by atoms with E-state index in [4.69, 9.17) is 19.2 Å². The van der Waals surface area contributed by atoms with Gasteiger partial charge in [-0.25, -0.2) is 9.78 Å². The van der Waals surface area contributed by atoms with E-state index in [-0.39, 0.29) is 13.2 Å². The number of carbonyl (C=O) groups excluding carboxylic acids is 2. The predicted molar refractivity (Wildman–Crippen MR) is 145 cm³/mol. The highest BCUT2D eigenvalue weighted by Gasteiger charge is 2.42. The first kappa shape index (κ1) is 26.3. The van der Waals surface area contributed by atoms with Crippen LogP contribution >= 0.6 is 11.3 Å². The van der Waals surface area contributed by atoms with Gasteiger partial charge in [-0.05, 0) is 51.5 Å². The van der Waals surface area contributed by atoms with Crippen LogP contribution in [-0.2, 0) is 19.1 Å². The molecule has 0 fully saturated rings. The van der Waals surface area contributed by atoms with Gasteiger partial charge in [-0.2, -0.15) is 0 Å². The van der Waals surface area contributed by atoms with E-state index in [0.717, 1.165) is 33.1 Å². The monoisotopic (exact) mass is 518 g/mol. The molecule has 3 aromatic rings.